The number of rotatable bonds is 10. The molecule has 0 saturated heterocycles. The number of benzene rings is 2. The van der Waals surface area contributed by atoms with Crippen LogP contribution < -0.4 is 24.8 Å². The molecule has 166 valence electrons. The van der Waals surface area contributed by atoms with Crippen LogP contribution >= 0.6 is 24.0 Å². The largest absolute Gasteiger partial charge is 0.508 e. The summed E-state index contributed by atoms with van der Waals surface area (Å²) in [5, 5.41) is 16.5. The summed E-state index contributed by atoms with van der Waals surface area (Å²) < 4.78 is 16.5. The van der Waals surface area contributed by atoms with Gasteiger partial charge in [-0.1, -0.05) is 6.07 Å². The summed E-state index contributed by atoms with van der Waals surface area (Å²) >= 11 is 0. The number of hydrogen-bond donors (Lipinski definition) is 3. The first-order chi connectivity index (χ1) is 14.1. The molecule has 0 spiro atoms. The molecule has 0 aliphatic carbocycles. The van der Waals surface area contributed by atoms with Crippen LogP contribution in [0, 0.1) is 0 Å². The molecule has 30 heavy (non-hydrogen) atoms. The minimum absolute atomic E-state index is 0. The number of nitrogens with zero attached hydrogens (tertiary/aromatic N) is 1. The van der Waals surface area contributed by atoms with Crippen molar-refractivity contribution in [3.63, 3.8) is 0 Å². The Morgan fingerprint density at radius 3 is 2.40 bits per heavy atom. The van der Waals surface area contributed by atoms with Gasteiger partial charge in [0.15, 0.2) is 17.5 Å². The van der Waals surface area contributed by atoms with Crippen molar-refractivity contribution in [2.24, 2.45) is 4.99 Å². The van der Waals surface area contributed by atoms with Crippen LogP contribution in [-0.2, 0) is 13.0 Å². The molecule has 2 rings (SSSR count). The number of methoxy groups -OCH3 is 1. The maximum atomic E-state index is 9.99. The highest BCUT2D eigenvalue weighted by Gasteiger charge is 2.07. The Balaban J connectivity index is 0.00000450. The van der Waals surface area contributed by atoms with Crippen LogP contribution in [-0.4, -0.2) is 45.0 Å². The van der Waals surface area contributed by atoms with E-state index in [9.17, 15) is 5.11 Å². The fourth-order valence-corrected chi connectivity index (χ4v) is 2.81. The standard InChI is InChI=1S/C22H31N3O4.HI/c1-5-28-20-10-7-16(13-21(20)29-6-2)11-12-24-22(23-3)25-15-17-14-18(27-4)8-9-19(17)26;/h7-10,13-14,26H,5-6,11-12,15H2,1-4H3,(H2,23,24,25);1H. The zero-order chi connectivity index (χ0) is 21.1. The van der Waals surface area contributed by atoms with Gasteiger partial charge in [0.05, 0.1) is 20.3 Å². The van der Waals surface area contributed by atoms with Crippen LogP contribution in [0.5, 0.6) is 23.0 Å². The summed E-state index contributed by atoms with van der Waals surface area (Å²) in [6, 6.07) is 11.1. The van der Waals surface area contributed by atoms with Crippen molar-refractivity contribution >= 4 is 29.9 Å². The molecule has 0 heterocycles. The number of halogens is 1. The third kappa shape index (κ3) is 7.81. The lowest BCUT2D eigenvalue weighted by Crippen LogP contribution is -2.37. The molecule has 3 N–H and O–H groups in total. The van der Waals surface area contributed by atoms with Crippen LogP contribution in [0.3, 0.4) is 0 Å². The molecule has 0 saturated carbocycles. The summed E-state index contributed by atoms with van der Waals surface area (Å²) in [6.45, 7) is 6.24. The molecule has 7 nitrogen and oxygen atoms in total. The Labute approximate surface area is 195 Å². The minimum Gasteiger partial charge on any atom is -0.508 e. The molecule has 0 bridgehead atoms. The van der Waals surface area contributed by atoms with Crippen LogP contribution in [0.2, 0.25) is 0 Å². The highest BCUT2D eigenvalue weighted by atomic mass is 127. The summed E-state index contributed by atoms with van der Waals surface area (Å²) in [5.74, 6) is 3.10. The molecule has 0 fully saturated rings. The van der Waals surface area contributed by atoms with Crippen molar-refractivity contribution in [1.82, 2.24) is 10.6 Å². The SMILES string of the molecule is CCOc1ccc(CCNC(=NC)NCc2cc(OC)ccc2O)cc1OCC.I. The van der Waals surface area contributed by atoms with Gasteiger partial charge in [-0.05, 0) is 56.2 Å². The van der Waals surface area contributed by atoms with Crippen LogP contribution in [0.4, 0.5) is 0 Å². The number of aliphatic imine (C=N–C) groups is 1. The van der Waals surface area contributed by atoms with Gasteiger partial charge in [0.1, 0.15) is 11.5 Å². The Morgan fingerprint density at radius 1 is 1.00 bits per heavy atom. The highest BCUT2D eigenvalue weighted by molar-refractivity contribution is 14.0. The summed E-state index contributed by atoms with van der Waals surface area (Å²) in [5.41, 5.74) is 1.88. The Bertz CT molecular complexity index is 815. The second-order valence-electron chi connectivity index (χ2n) is 6.24. The zero-order valence-corrected chi connectivity index (χ0v) is 20.4. The fourth-order valence-electron chi connectivity index (χ4n) is 2.81. The third-order valence-corrected chi connectivity index (χ3v) is 4.27. The smallest absolute Gasteiger partial charge is 0.191 e. The van der Waals surface area contributed by atoms with Crippen LogP contribution in [0.1, 0.15) is 25.0 Å². The van der Waals surface area contributed by atoms with Gasteiger partial charge >= 0.3 is 0 Å². The lowest BCUT2D eigenvalue weighted by Gasteiger charge is -2.14. The quantitative estimate of drug-likeness (QED) is 0.247. The average molecular weight is 529 g/mol. The van der Waals surface area contributed by atoms with Gasteiger partial charge in [-0.3, -0.25) is 4.99 Å². The Hall–Kier alpha value is -2.36. The molecule has 0 atom stereocenters. The molecule has 0 aliphatic heterocycles. The predicted molar refractivity (Wildman–Crippen MR) is 131 cm³/mol. The van der Waals surface area contributed by atoms with E-state index >= 15 is 0 Å². The first-order valence-corrected chi connectivity index (χ1v) is 9.80. The Kier molecular flexibility index (Phi) is 11.8. The number of phenols is 1. The molecule has 8 heteroatoms. The monoisotopic (exact) mass is 529 g/mol. The van der Waals surface area contributed by atoms with Gasteiger partial charge in [0.25, 0.3) is 0 Å². The molecule has 2 aromatic rings. The van der Waals surface area contributed by atoms with Gasteiger partial charge in [0, 0.05) is 25.7 Å². The van der Waals surface area contributed by atoms with Gasteiger partial charge < -0.3 is 30.0 Å². The average Bonchev–Trinajstić information content (AvgIpc) is 2.73. The molecule has 0 aliphatic rings. The van der Waals surface area contributed by atoms with Crippen LogP contribution in [0.25, 0.3) is 0 Å². The van der Waals surface area contributed by atoms with Gasteiger partial charge in [-0.2, -0.15) is 0 Å². The minimum atomic E-state index is 0. The van der Waals surface area contributed by atoms with E-state index < -0.39 is 0 Å². The fraction of sp³-hybridized carbons (Fsp3) is 0.409. The molecule has 2 aromatic carbocycles. The third-order valence-electron chi connectivity index (χ3n) is 4.27. The highest BCUT2D eigenvalue weighted by Crippen LogP contribution is 2.28. The molecule has 0 unspecified atom stereocenters. The van der Waals surface area contributed by atoms with Crippen molar-refractivity contribution in [2.45, 2.75) is 26.8 Å². The number of aromatic hydroxyl groups is 1. The van der Waals surface area contributed by atoms with E-state index in [1.54, 1.807) is 32.4 Å². The summed E-state index contributed by atoms with van der Waals surface area (Å²) in [6.07, 6.45) is 0.803. The number of phenolic OH excluding ortho intramolecular Hbond substituents is 1. The zero-order valence-electron chi connectivity index (χ0n) is 18.0. The van der Waals surface area contributed by atoms with E-state index in [-0.39, 0.29) is 29.7 Å². The van der Waals surface area contributed by atoms with Crippen molar-refractivity contribution < 1.29 is 19.3 Å². The normalized spacial score (nSPS) is 10.7. The van der Waals surface area contributed by atoms with Crippen molar-refractivity contribution in [3.8, 4) is 23.0 Å². The molecule has 0 aromatic heterocycles. The van der Waals surface area contributed by atoms with Gasteiger partial charge in [-0.15, -0.1) is 24.0 Å². The molecular weight excluding hydrogens is 497 g/mol. The first-order valence-electron chi connectivity index (χ1n) is 9.80. The number of hydrogen-bond acceptors (Lipinski definition) is 5. The molecular formula is C22H32IN3O4. The maximum absolute atomic E-state index is 9.99. The van der Waals surface area contributed by atoms with E-state index in [0.29, 0.717) is 38.0 Å². The molecule has 0 amide bonds. The second kappa shape index (κ2) is 13.8. The van der Waals surface area contributed by atoms with Crippen LogP contribution in [0.15, 0.2) is 41.4 Å². The summed E-state index contributed by atoms with van der Waals surface area (Å²) in [4.78, 5) is 4.23. The molecule has 0 radical (unpaired) electrons. The lowest BCUT2D eigenvalue weighted by molar-refractivity contribution is 0.287. The topological polar surface area (TPSA) is 84.3 Å². The van der Waals surface area contributed by atoms with Gasteiger partial charge in [-0.25, -0.2) is 0 Å². The van der Waals surface area contributed by atoms with E-state index in [4.69, 9.17) is 14.2 Å². The summed E-state index contributed by atoms with van der Waals surface area (Å²) in [7, 11) is 3.31. The second-order valence-corrected chi connectivity index (χ2v) is 6.24. The van der Waals surface area contributed by atoms with Crippen molar-refractivity contribution in [3.05, 3.63) is 47.5 Å². The number of guanidine groups is 1. The van der Waals surface area contributed by atoms with Crippen molar-refractivity contribution in [1.29, 1.82) is 0 Å². The number of ether oxygens (including phenoxy) is 3. The van der Waals surface area contributed by atoms with Gasteiger partial charge in [0.2, 0.25) is 0 Å². The van der Waals surface area contributed by atoms with E-state index in [1.165, 1.54) is 0 Å². The van der Waals surface area contributed by atoms with Crippen molar-refractivity contribution in [2.75, 3.05) is 33.9 Å². The maximum Gasteiger partial charge on any atom is 0.191 e. The van der Waals surface area contributed by atoms with E-state index in [0.717, 1.165) is 29.0 Å². The Morgan fingerprint density at radius 2 is 1.73 bits per heavy atom. The first kappa shape index (κ1) is 25.7. The number of nitrogens with one attached hydrogen (secondary N) is 2. The van der Waals surface area contributed by atoms with E-state index in [1.807, 2.05) is 32.0 Å². The predicted octanol–water partition coefficient (Wildman–Crippen LogP) is 3.72. The van der Waals surface area contributed by atoms with E-state index in [2.05, 4.69) is 15.6 Å². The lowest BCUT2D eigenvalue weighted by atomic mass is 10.1.